The van der Waals surface area contributed by atoms with Crippen molar-refractivity contribution in [1.82, 2.24) is 4.90 Å². The number of hydrogen-bond donors (Lipinski definition) is 0. The van der Waals surface area contributed by atoms with E-state index in [2.05, 4.69) is 10.2 Å². The van der Waals surface area contributed by atoms with Crippen molar-refractivity contribution in [2.24, 2.45) is 16.1 Å². The van der Waals surface area contributed by atoms with Crippen LogP contribution >= 0.6 is 0 Å². The maximum atomic E-state index is 12.0. The Bertz CT molecular complexity index is 347. The number of amides is 2. The van der Waals surface area contributed by atoms with E-state index >= 15 is 0 Å². The molecule has 15 heavy (non-hydrogen) atoms. The zero-order valence-electron chi connectivity index (χ0n) is 8.43. The molecule has 0 unspecified atom stereocenters. The molecule has 0 aromatic heterocycles. The molecule has 2 heterocycles. The summed E-state index contributed by atoms with van der Waals surface area (Å²) in [5, 5.41) is 7.65. The number of imide groups is 1. The number of carbonyl (C=O) groups is 2. The maximum Gasteiger partial charge on any atom is 0.257 e. The van der Waals surface area contributed by atoms with Gasteiger partial charge in [0.05, 0.1) is 12.5 Å². The van der Waals surface area contributed by atoms with Crippen molar-refractivity contribution in [3.8, 4) is 0 Å². The molecule has 5 heteroatoms. The van der Waals surface area contributed by atoms with Crippen molar-refractivity contribution in [3.05, 3.63) is 0 Å². The van der Waals surface area contributed by atoms with Crippen LogP contribution in [0.2, 0.25) is 0 Å². The quantitative estimate of drug-likeness (QED) is 0.595. The fraction of sp³-hybridized carbons (Fsp3) is 0.800. The first kappa shape index (κ1) is 9.00. The number of hydrogen-bond acceptors (Lipinski definition) is 4. The van der Waals surface area contributed by atoms with Crippen molar-refractivity contribution >= 4 is 11.8 Å². The summed E-state index contributed by atoms with van der Waals surface area (Å²) in [5.74, 6) is -0.432. The minimum Gasteiger partial charge on any atom is -0.277 e. The molecule has 80 valence electrons. The van der Waals surface area contributed by atoms with Crippen LogP contribution in [0.3, 0.4) is 0 Å². The van der Waals surface area contributed by atoms with Gasteiger partial charge in [-0.05, 0) is 12.8 Å². The highest BCUT2D eigenvalue weighted by atomic mass is 16.2. The minimum atomic E-state index is -0.488. The van der Waals surface area contributed by atoms with Gasteiger partial charge >= 0.3 is 0 Å². The topological polar surface area (TPSA) is 62.1 Å². The lowest BCUT2D eigenvalue weighted by Gasteiger charge is -2.21. The van der Waals surface area contributed by atoms with Gasteiger partial charge in [0.1, 0.15) is 0 Å². The van der Waals surface area contributed by atoms with Gasteiger partial charge in [0.25, 0.3) is 5.91 Å². The van der Waals surface area contributed by atoms with Crippen molar-refractivity contribution in [3.63, 3.8) is 0 Å². The largest absolute Gasteiger partial charge is 0.277 e. The van der Waals surface area contributed by atoms with Crippen molar-refractivity contribution in [2.75, 3.05) is 6.54 Å². The maximum absolute atomic E-state index is 12.0. The molecule has 1 aliphatic carbocycles. The Balaban J connectivity index is 1.87. The number of rotatable bonds is 1. The predicted octanol–water partition coefficient (Wildman–Crippen LogP) is 0.748. The zero-order valence-corrected chi connectivity index (χ0v) is 8.43. The number of azo groups is 1. The molecule has 0 N–H and O–H groups in total. The van der Waals surface area contributed by atoms with E-state index in [1.165, 1.54) is 4.90 Å². The van der Waals surface area contributed by atoms with Crippen LogP contribution in [0.5, 0.6) is 0 Å². The summed E-state index contributed by atoms with van der Waals surface area (Å²) in [4.78, 5) is 25.4. The van der Waals surface area contributed by atoms with Crippen LogP contribution in [0.1, 0.15) is 25.7 Å². The zero-order chi connectivity index (χ0) is 10.4. The van der Waals surface area contributed by atoms with Gasteiger partial charge in [-0.3, -0.25) is 14.5 Å². The molecule has 0 radical (unpaired) electrons. The molecule has 2 atom stereocenters. The summed E-state index contributed by atoms with van der Waals surface area (Å²) in [6, 6.07) is -0.344. The molecule has 0 aromatic rings. The molecule has 1 saturated carbocycles. The number of nitrogens with zero attached hydrogens (tertiary/aromatic N) is 3. The third-order valence-electron chi connectivity index (χ3n) is 3.60. The van der Waals surface area contributed by atoms with E-state index in [9.17, 15) is 9.59 Å². The lowest BCUT2D eigenvalue weighted by Crippen LogP contribution is -2.39. The molecule has 0 aromatic carbocycles. The van der Waals surface area contributed by atoms with Crippen molar-refractivity contribution in [2.45, 2.75) is 37.8 Å². The third-order valence-corrected chi connectivity index (χ3v) is 3.60. The summed E-state index contributed by atoms with van der Waals surface area (Å²) in [6.45, 7) is 0.401. The molecule has 1 saturated heterocycles. The van der Waals surface area contributed by atoms with E-state index in [1.54, 1.807) is 0 Å². The molecule has 0 spiro atoms. The molecule has 2 fully saturated rings. The second kappa shape index (κ2) is 3.12. The Hall–Kier alpha value is -1.26. The van der Waals surface area contributed by atoms with Gasteiger partial charge in [-0.15, -0.1) is 0 Å². The summed E-state index contributed by atoms with van der Waals surface area (Å²) < 4.78 is 0. The number of carbonyl (C=O) groups excluding carboxylic acids is 2. The summed E-state index contributed by atoms with van der Waals surface area (Å²) >= 11 is 0. The van der Waals surface area contributed by atoms with Crippen LogP contribution in [0.4, 0.5) is 0 Å². The van der Waals surface area contributed by atoms with E-state index in [4.69, 9.17) is 0 Å². The Labute approximate surface area is 87.5 Å². The molecule has 3 rings (SSSR count). The van der Waals surface area contributed by atoms with Gasteiger partial charge in [0.15, 0.2) is 6.04 Å². The Kier molecular flexibility index (Phi) is 1.87. The molecule has 0 bridgehead atoms. The average molecular weight is 207 g/mol. The van der Waals surface area contributed by atoms with E-state index in [1.807, 2.05) is 0 Å². The molecule has 5 nitrogen and oxygen atoms in total. The first-order valence-electron chi connectivity index (χ1n) is 5.52. The SMILES string of the molecule is O=C1[C@H]2CN=N[C@@H]2C(=O)N1C1CCCC1. The van der Waals surface area contributed by atoms with Crippen LogP contribution in [0.15, 0.2) is 10.2 Å². The van der Waals surface area contributed by atoms with E-state index in [-0.39, 0.29) is 23.8 Å². The van der Waals surface area contributed by atoms with E-state index in [0.29, 0.717) is 6.54 Å². The monoisotopic (exact) mass is 207 g/mol. The van der Waals surface area contributed by atoms with Crippen molar-refractivity contribution < 1.29 is 9.59 Å². The van der Waals surface area contributed by atoms with Crippen molar-refractivity contribution in [1.29, 1.82) is 0 Å². The fourth-order valence-electron chi connectivity index (χ4n) is 2.79. The van der Waals surface area contributed by atoms with Gasteiger partial charge in [0.2, 0.25) is 5.91 Å². The highest BCUT2D eigenvalue weighted by Crippen LogP contribution is 2.34. The molecular weight excluding hydrogens is 194 g/mol. The molecule has 2 amide bonds. The smallest absolute Gasteiger partial charge is 0.257 e. The van der Waals surface area contributed by atoms with Crippen LogP contribution < -0.4 is 0 Å². The lowest BCUT2D eigenvalue weighted by atomic mass is 10.1. The molecule has 3 aliphatic rings. The molecular formula is C10H13N3O2. The molecule has 2 aliphatic heterocycles. The lowest BCUT2D eigenvalue weighted by molar-refractivity contribution is -0.142. The van der Waals surface area contributed by atoms with E-state index in [0.717, 1.165) is 25.7 Å². The average Bonchev–Trinajstić information content (AvgIpc) is 2.89. The Morgan fingerprint density at radius 1 is 1.13 bits per heavy atom. The number of fused-ring (bicyclic) bond motifs is 1. The van der Waals surface area contributed by atoms with Gasteiger partial charge in [-0.2, -0.15) is 10.2 Å². The minimum absolute atomic E-state index is 0.0399. The first-order chi connectivity index (χ1) is 7.29. The first-order valence-corrected chi connectivity index (χ1v) is 5.52. The second-order valence-corrected chi connectivity index (χ2v) is 4.48. The fourth-order valence-corrected chi connectivity index (χ4v) is 2.79. The second-order valence-electron chi connectivity index (χ2n) is 4.48. The van der Waals surface area contributed by atoms with E-state index < -0.39 is 6.04 Å². The summed E-state index contributed by atoms with van der Waals surface area (Å²) in [5.41, 5.74) is 0. The van der Waals surface area contributed by atoms with Crippen LogP contribution in [0, 0.1) is 5.92 Å². The third kappa shape index (κ3) is 1.15. The normalized spacial score (nSPS) is 35.6. The predicted molar refractivity (Wildman–Crippen MR) is 51.1 cm³/mol. The number of likely N-dealkylation sites (tertiary alicyclic amines) is 1. The highest BCUT2D eigenvalue weighted by Gasteiger charge is 2.52. The van der Waals surface area contributed by atoms with Gasteiger partial charge in [0, 0.05) is 6.04 Å². The Morgan fingerprint density at radius 3 is 2.53 bits per heavy atom. The van der Waals surface area contributed by atoms with Crippen LogP contribution in [-0.2, 0) is 9.59 Å². The van der Waals surface area contributed by atoms with Gasteiger partial charge in [-0.1, -0.05) is 12.8 Å². The van der Waals surface area contributed by atoms with Gasteiger partial charge in [-0.25, -0.2) is 0 Å². The van der Waals surface area contributed by atoms with Gasteiger partial charge < -0.3 is 0 Å². The highest BCUT2D eigenvalue weighted by molar-refractivity contribution is 6.07. The Morgan fingerprint density at radius 2 is 1.87 bits per heavy atom. The summed E-state index contributed by atoms with van der Waals surface area (Å²) in [6.07, 6.45) is 4.18. The summed E-state index contributed by atoms with van der Waals surface area (Å²) in [7, 11) is 0. The van der Waals surface area contributed by atoms with Crippen LogP contribution in [-0.4, -0.2) is 35.3 Å². The standard InChI is InChI=1S/C10H13N3O2/c14-9-7-5-11-12-8(7)10(15)13(9)6-3-1-2-4-6/h6-8H,1-5H2/t7-,8-/m0/s1. The van der Waals surface area contributed by atoms with Crippen LogP contribution in [0.25, 0.3) is 0 Å².